The first-order valence-corrected chi connectivity index (χ1v) is 14.8. The van der Waals surface area contributed by atoms with Crippen molar-refractivity contribution in [2.75, 3.05) is 0 Å². The molecule has 14 heavy (non-hydrogen) atoms. The SMILES string of the molecule is CC[Si](C)(O)[Si](C)(O)[Si](C)(O)C(C)C. The van der Waals surface area contributed by atoms with Gasteiger partial charge in [0.25, 0.3) is 0 Å². The Morgan fingerprint density at radius 1 is 1.00 bits per heavy atom. The van der Waals surface area contributed by atoms with Gasteiger partial charge in [0.2, 0.25) is 23.0 Å². The minimum Gasteiger partial charge on any atom is -0.432 e. The lowest BCUT2D eigenvalue weighted by atomic mass is 10.6. The summed E-state index contributed by atoms with van der Waals surface area (Å²) in [6.45, 7) is 11.1. The van der Waals surface area contributed by atoms with Gasteiger partial charge in [0.05, 0.1) is 0 Å². The molecule has 0 heterocycles. The maximum absolute atomic E-state index is 10.5. The second kappa shape index (κ2) is 4.19. The zero-order valence-electron chi connectivity index (χ0n) is 10.1. The van der Waals surface area contributed by atoms with Crippen LogP contribution < -0.4 is 0 Å². The molecule has 0 aliphatic rings. The molecule has 0 aliphatic heterocycles. The van der Waals surface area contributed by atoms with Crippen LogP contribution in [0.1, 0.15) is 20.8 Å². The minimum absolute atomic E-state index is 0.106. The van der Waals surface area contributed by atoms with E-state index in [0.717, 1.165) is 0 Å². The van der Waals surface area contributed by atoms with Crippen molar-refractivity contribution < 1.29 is 14.4 Å². The maximum atomic E-state index is 10.5. The van der Waals surface area contributed by atoms with Crippen molar-refractivity contribution in [3.05, 3.63) is 0 Å². The van der Waals surface area contributed by atoms with E-state index >= 15 is 0 Å². The predicted molar refractivity (Wildman–Crippen MR) is 67.1 cm³/mol. The van der Waals surface area contributed by atoms with Crippen LogP contribution in [0.5, 0.6) is 0 Å². The molecule has 0 radical (unpaired) electrons. The molecule has 0 saturated heterocycles. The Bertz CT molecular complexity index is 202. The molecule has 3 unspecified atom stereocenters. The normalized spacial score (nSPS) is 25.3. The summed E-state index contributed by atoms with van der Waals surface area (Å²) in [5.41, 5.74) is 0.106. The second-order valence-electron chi connectivity index (χ2n) is 5.00. The molecule has 0 saturated carbocycles. The van der Waals surface area contributed by atoms with E-state index in [1.54, 1.807) is 19.6 Å². The van der Waals surface area contributed by atoms with Crippen molar-refractivity contribution in [2.45, 2.75) is 52.0 Å². The average molecular weight is 253 g/mol. The third-order valence-electron chi connectivity index (χ3n) is 3.85. The van der Waals surface area contributed by atoms with Gasteiger partial charge in [-0.1, -0.05) is 20.8 Å². The highest BCUT2D eigenvalue weighted by molar-refractivity contribution is 7.63. The molecule has 86 valence electrons. The Kier molecular flexibility index (Phi) is 4.34. The summed E-state index contributed by atoms with van der Waals surface area (Å²) in [7, 11) is -8.09. The molecule has 3 N–H and O–H groups in total. The Labute approximate surface area is 89.8 Å². The van der Waals surface area contributed by atoms with Gasteiger partial charge in [-0.05, 0) is 31.2 Å². The van der Waals surface area contributed by atoms with E-state index in [-0.39, 0.29) is 5.54 Å². The van der Waals surface area contributed by atoms with Gasteiger partial charge < -0.3 is 14.4 Å². The van der Waals surface area contributed by atoms with E-state index < -0.39 is 23.0 Å². The first-order valence-electron chi connectivity index (χ1n) is 5.17. The molecule has 0 aromatic heterocycles. The highest BCUT2D eigenvalue weighted by Gasteiger charge is 2.61. The van der Waals surface area contributed by atoms with Crippen molar-refractivity contribution in [1.29, 1.82) is 0 Å². The zero-order chi connectivity index (χ0) is 11.8. The molecule has 0 fully saturated rings. The van der Waals surface area contributed by atoms with Crippen LogP contribution in [0.15, 0.2) is 0 Å². The van der Waals surface area contributed by atoms with Crippen LogP contribution >= 0.6 is 0 Å². The summed E-state index contributed by atoms with van der Waals surface area (Å²) in [6.07, 6.45) is 0. The Balaban J connectivity index is 5.14. The molecule has 0 aromatic carbocycles. The summed E-state index contributed by atoms with van der Waals surface area (Å²) in [5.74, 6) is 0. The molecule has 3 nitrogen and oxygen atoms in total. The highest BCUT2D eigenvalue weighted by Crippen LogP contribution is 2.32. The molecular formula is C8H24O3Si3. The summed E-state index contributed by atoms with van der Waals surface area (Å²) >= 11 is 0. The third-order valence-corrected chi connectivity index (χ3v) is 35.9. The van der Waals surface area contributed by atoms with Crippen LogP contribution in [-0.4, -0.2) is 37.4 Å². The van der Waals surface area contributed by atoms with Gasteiger partial charge in [-0.15, -0.1) is 0 Å². The van der Waals surface area contributed by atoms with E-state index in [9.17, 15) is 14.4 Å². The van der Waals surface area contributed by atoms with Crippen molar-refractivity contribution in [2.24, 2.45) is 0 Å². The summed E-state index contributed by atoms with van der Waals surface area (Å²) in [6, 6.07) is 0.627. The first kappa shape index (κ1) is 14.5. The van der Waals surface area contributed by atoms with Crippen LogP contribution in [-0.2, 0) is 0 Å². The monoisotopic (exact) mass is 252 g/mol. The van der Waals surface area contributed by atoms with E-state index in [4.69, 9.17) is 0 Å². The molecular weight excluding hydrogens is 228 g/mol. The van der Waals surface area contributed by atoms with Crippen molar-refractivity contribution in [1.82, 2.24) is 0 Å². The highest BCUT2D eigenvalue weighted by atomic mass is 29.7. The summed E-state index contributed by atoms with van der Waals surface area (Å²) in [4.78, 5) is 31.2. The van der Waals surface area contributed by atoms with Gasteiger partial charge in [0, 0.05) is 0 Å². The van der Waals surface area contributed by atoms with Crippen LogP contribution in [0, 0.1) is 0 Å². The Hall–Kier alpha value is 0.531. The number of rotatable bonds is 4. The molecule has 0 amide bonds. The predicted octanol–water partition coefficient (Wildman–Crippen LogP) is 1.28. The average Bonchev–Trinajstić information content (AvgIpc) is 2.03. The van der Waals surface area contributed by atoms with E-state index in [1.165, 1.54) is 0 Å². The number of hydrogen-bond donors (Lipinski definition) is 3. The lowest BCUT2D eigenvalue weighted by Gasteiger charge is -2.44. The molecule has 0 aliphatic carbocycles. The molecule has 6 heteroatoms. The quantitative estimate of drug-likeness (QED) is 0.661. The molecule has 0 aromatic rings. The topological polar surface area (TPSA) is 60.7 Å². The van der Waals surface area contributed by atoms with Crippen molar-refractivity contribution in [3.63, 3.8) is 0 Å². The molecule has 0 spiro atoms. The number of hydrogen-bond acceptors (Lipinski definition) is 3. The van der Waals surface area contributed by atoms with E-state index in [1.807, 2.05) is 20.8 Å². The van der Waals surface area contributed by atoms with Crippen LogP contribution in [0.2, 0.25) is 31.2 Å². The van der Waals surface area contributed by atoms with Gasteiger partial charge in [-0.3, -0.25) is 0 Å². The zero-order valence-corrected chi connectivity index (χ0v) is 13.1. The van der Waals surface area contributed by atoms with E-state index in [0.29, 0.717) is 6.04 Å². The summed E-state index contributed by atoms with van der Waals surface area (Å²) in [5, 5.41) is 0. The van der Waals surface area contributed by atoms with Gasteiger partial charge in [-0.25, -0.2) is 0 Å². The van der Waals surface area contributed by atoms with Crippen LogP contribution in [0.25, 0.3) is 0 Å². The largest absolute Gasteiger partial charge is 0.432 e. The lowest BCUT2D eigenvalue weighted by molar-refractivity contribution is 0.490. The summed E-state index contributed by atoms with van der Waals surface area (Å²) < 4.78 is 0. The molecule has 0 rings (SSSR count). The van der Waals surface area contributed by atoms with Crippen molar-refractivity contribution in [3.8, 4) is 0 Å². The third kappa shape index (κ3) is 2.20. The van der Waals surface area contributed by atoms with Crippen LogP contribution in [0.3, 0.4) is 0 Å². The smallest absolute Gasteiger partial charge is 0.222 e. The van der Waals surface area contributed by atoms with Gasteiger partial charge >= 0.3 is 0 Å². The fourth-order valence-electron chi connectivity index (χ4n) is 1.45. The van der Waals surface area contributed by atoms with Crippen molar-refractivity contribution >= 4 is 23.0 Å². The van der Waals surface area contributed by atoms with E-state index in [2.05, 4.69) is 0 Å². The molecule has 3 atom stereocenters. The lowest BCUT2D eigenvalue weighted by Crippen LogP contribution is -2.76. The fourth-order valence-corrected chi connectivity index (χ4v) is 27.1. The fraction of sp³-hybridized carbons (Fsp3) is 1.00. The molecule has 0 bridgehead atoms. The van der Waals surface area contributed by atoms with Crippen LogP contribution in [0.4, 0.5) is 0 Å². The second-order valence-corrected chi connectivity index (χ2v) is 27.5. The van der Waals surface area contributed by atoms with Gasteiger partial charge in [0.1, 0.15) is 0 Å². The minimum atomic E-state index is -2.83. The Morgan fingerprint density at radius 3 is 1.57 bits per heavy atom. The maximum Gasteiger partial charge on any atom is 0.222 e. The Morgan fingerprint density at radius 2 is 1.36 bits per heavy atom. The van der Waals surface area contributed by atoms with Gasteiger partial charge in [-0.2, -0.15) is 0 Å². The first-order chi connectivity index (χ1) is 6.00. The van der Waals surface area contributed by atoms with Gasteiger partial charge in [0.15, 0.2) is 0 Å². The standard InChI is InChI=1S/C8H24O3Si3/c1-7-12(4,9)14(6,11)13(5,10)8(2)3/h8-11H,7H2,1-6H3.